The number of hydrogen-bond donors (Lipinski definition) is 1. The van der Waals surface area contributed by atoms with E-state index in [-0.39, 0.29) is 11.8 Å². The third kappa shape index (κ3) is 4.39. The quantitative estimate of drug-likeness (QED) is 0.750. The Morgan fingerprint density at radius 2 is 1.89 bits per heavy atom. The van der Waals surface area contributed by atoms with Gasteiger partial charge in [0.15, 0.2) is 0 Å². The van der Waals surface area contributed by atoms with Crippen LogP contribution in [0.25, 0.3) is 0 Å². The van der Waals surface area contributed by atoms with Crippen molar-refractivity contribution >= 4 is 17.7 Å². The van der Waals surface area contributed by atoms with Crippen molar-refractivity contribution in [2.45, 2.75) is 12.8 Å². The van der Waals surface area contributed by atoms with Crippen molar-refractivity contribution in [3.8, 4) is 0 Å². The first-order chi connectivity index (χ1) is 8.75. The van der Waals surface area contributed by atoms with Gasteiger partial charge in [0.2, 0.25) is 5.91 Å². The molecule has 0 saturated carbocycles. The minimum absolute atomic E-state index is 0.143. The molecular weight excluding hydrogens is 254 g/mol. The molecule has 104 valence electrons. The molecule has 18 heavy (non-hydrogen) atoms. The van der Waals surface area contributed by atoms with Crippen LogP contribution in [-0.2, 0) is 9.53 Å². The highest BCUT2D eigenvalue weighted by Crippen LogP contribution is 2.18. The molecule has 6 heteroatoms. The summed E-state index contributed by atoms with van der Waals surface area (Å²) in [6.07, 6.45) is 1.74. The maximum absolute atomic E-state index is 11.9. The first-order valence-electron chi connectivity index (χ1n) is 6.74. The van der Waals surface area contributed by atoms with Crippen LogP contribution in [0.1, 0.15) is 12.8 Å². The number of hydrogen-bond acceptors (Lipinski definition) is 4. The highest BCUT2D eigenvalue weighted by atomic mass is 35.5. The van der Waals surface area contributed by atoms with Crippen LogP contribution >= 0.6 is 11.8 Å². The standard InChI is InChI=1S/C12H22ClN3O2/c13-16-4-1-11(2-5-16)12(17)14-3-6-15-7-9-18-10-8-15/h11H,1-10H2,(H,14,17). The normalized spacial score (nSPS) is 24.1. The summed E-state index contributed by atoms with van der Waals surface area (Å²) >= 11 is 5.88. The second-order valence-electron chi connectivity index (χ2n) is 4.93. The number of nitrogens with one attached hydrogen (secondary N) is 1. The molecule has 5 nitrogen and oxygen atoms in total. The van der Waals surface area contributed by atoms with E-state index in [1.165, 1.54) is 0 Å². The van der Waals surface area contributed by atoms with Crippen molar-refractivity contribution < 1.29 is 9.53 Å². The molecule has 0 spiro atoms. The van der Waals surface area contributed by atoms with E-state index in [2.05, 4.69) is 10.2 Å². The Kier molecular flexibility index (Phi) is 5.69. The molecule has 1 amide bonds. The first-order valence-corrected chi connectivity index (χ1v) is 7.08. The summed E-state index contributed by atoms with van der Waals surface area (Å²) in [7, 11) is 0. The minimum atomic E-state index is 0.143. The Balaban J connectivity index is 1.59. The minimum Gasteiger partial charge on any atom is -0.379 e. The monoisotopic (exact) mass is 275 g/mol. The lowest BCUT2D eigenvalue weighted by Gasteiger charge is -2.28. The van der Waals surface area contributed by atoms with Gasteiger partial charge >= 0.3 is 0 Å². The van der Waals surface area contributed by atoms with Crippen molar-refractivity contribution in [2.24, 2.45) is 5.92 Å². The summed E-state index contributed by atoms with van der Waals surface area (Å²) in [5.74, 6) is 0.331. The second kappa shape index (κ2) is 7.28. The Morgan fingerprint density at radius 1 is 1.22 bits per heavy atom. The summed E-state index contributed by atoms with van der Waals surface area (Å²) < 4.78 is 7.05. The third-order valence-corrected chi connectivity index (χ3v) is 3.98. The van der Waals surface area contributed by atoms with E-state index in [1.54, 1.807) is 4.42 Å². The van der Waals surface area contributed by atoms with Gasteiger partial charge in [-0.15, -0.1) is 0 Å². The SMILES string of the molecule is O=C(NCCN1CCOCC1)C1CCN(Cl)CC1. The van der Waals surface area contributed by atoms with E-state index in [0.29, 0.717) is 0 Å². The highest BCUT2D eigenvalue weighted by Gasteiger charge is 2.23. The van der Waals surface area contributed by atoms with Crippen LogP contribution in [0.4, 0.5) is 0 Å². The van der Waals surface area contributed by atoms with E-state index in [0.717, 1.165) is 65.3 Å². The van der Waals surface area contributed by atoms with Crippen LogP contribution in [0, 0.1) is 5.92 Å². The molecule has 0 radical (unpaired) electrons. The smallest absolute Gasteiger partial charge is 0.223 e. The summed E-state index contributed by atoms with van der Waals surface area (Å²) in [4.78, 5) is 14.3. The van der Waals surface area contributed by atoms with E-state index < -0.39 is 0 Å². The molecule has 0 aromatic carbocycles. The number of carbonyl (C=O) groups is 1. The zero-order chi connectivity index (χ0) is 12.8. The molecule has 0 aromatic rings. The average Bonchev–Trinajstić information content (AvgIpc) is 2.40. The molecule has 0 atom stereocenters. The molecule has 2 rings (SSSR count). The molecule has 2 fully saturated rings. The number of halogens is 1. The van der Waals surface area contributed by atoms with E-state index >= 15 is 0 Å². The average molecular weight is 276 g/mol. The van der Waals surface area contributed by atoms with E-state index in [9.17, 15) is 4.79 Å². The molecule has 2 aliphatic heterocycles. The summed E-state index contributed by atoms with van der Waals surface area (Å²) in [5, 5.41) is 3.03. The zero-order valence-electron chi connectivity index (χ0n) is 10.7. The van der Waals surface area contributed by atoms with Crippen molar-refractivity contribution in [1.82, 2.24) is 14.6 Å². The number of amides is 1. The van der Waals surface area contributed by atoms with Gasteiger partial charge < -0.3 is 10.1 Å². The highest BCUT2D eigenvalue weighted by molar-refractivity contribution is 6.13. The lowest BCUT2D eigenvalue weighted by atomic mass is 9.97. The maximum Gasteiger partial charge on any atom is 0.223 e. The fourth-order valence-electron chi connectivity index (χ4n) is 2.42. The molecule has 0 aliphatic carbocycles. The van der Waals surface area contributed by atoms with Gasteiger partial charge in [-0.3, -0.25) is 9.69 Å². The molecule has 0 aromatic heterocycles. The van der Waals surface area contributed by atoms with Crippen LogP contribution in [-0.4, -0.2) is 67.7 Å². The van der Waals surface area contributed by atoms with Crippen LogP contribution in [0.3, 0.4) is 0 Å². The molecule has 0 unspecified atom stereocenters. The molecule has 1 N–H and O–H groups in total. The molecule has 2 heterocycles. The van der Waals surface area contributed by atoms with Crippen LogP contribution < -0.4 is 5.32 Å². The van der Waals surface area contributed by atoms with Crippen molar-refractivity contribution in [3.05, 3.63) is 0 Å². The van der Waals surface area contributed by atoms with Gasteiger partial charge in [0.05, 0.1) is 13.2 Å². The largest absolute Gasteiger partial charge is 0.379 e. The van der Waals surface area contributed by atoms with Gasteiger partial charge in [-0.1, -0.05) is 0 Å². The summed E-state index contributed by atoms with van der Waals surface area (Å²) in [6, 6.07) is 0. The van der Waals surface area contributed by atoms with Crippen LogP contribution in [0.5, 0.6) is 0 Å². The van der Waals surface area contributed by atoms with Crippen molar-refractivity contribution in [2.75, 3.05) is 52.5 Å². The van der Waals surface area contributed by atoms with Gasteiger partial charge in [-0.25, -0.2) is 4.42 Å². The van der Waals surface area contributed by atoms with E-state index in [4.69, 9.17) is 16.5 Å². The van der Waals surface area contributed by atoms with Gasteiger partial charge in [0, 0.05) is 45.2 Å². The number of carbonyl (C=O) groups excluding carboxylic acids is 1. The fourth-order valence-corrected chi connectivity index (χ4v) is 2.61. The number of piperidine rings is 1. The molecule has 2 aliphatic rings. The predicted octanol–water partition coefficient (Wildman–Crippen LogP) is 0.301. The lowest BCUT2D eigenvalue weighted by molar-refractivity contribution is -0.126. The zero-order valence-corrected chi connectivity index (χ0v) is 11.5. The number of nitrogens with zero attached hydrogens (tertiary/aromatic N) is 2. The Hall–Kier alpha value is -0.360. The predicted molar refractivity (Wildman–Crippen MR) is 70.4 cm³/mol. The van der Waals surface area contributed by atoms with Crippen LogP contribution in [0.15, 0.2) is 0 Å². The number of morpholine rings is 1. The van der Waals surface area contributed by atoms with Gasteiger partial charge in [0.1, 0.15) is 0 Å². The lowest BCUT2D eigenvalue weighted by Crippen LogP contribution is -2.43. The fraction of sp³-hybridized carbons (Fsp3) is 0.917. The molecular formula is C12H22ClN3O2. The van der Waals surface area contributed by atoms with Gasteiger partial charge in [0.25, 0.3) is 0 Å². The topological polar surface area (TPSA) is 44.8 Å². The van der Waals surface area contributed by atoms with Crippen molar-refractivity contribution in [1.29, 1.82) is 0 Å². The third-order valence-electron chi connectivity index (χ3n) is 3.64. The van der Waals surface area contributed by atoms with Gasteiger partial charge in [-0.05, 0) is 24.6 Å². The Morgan fingerprint density at radius 3 is 2.56 bits per heavy atom. The molecule has 2 saturated heterocycles. The number of ether oxygens (including phenoxy) is 1. The molecule has 0 bridgehead atoms. The van der Waals surface area contributed by atoms with Crippen LogP contribution in [0.2, 0.25) is 0 Å². The van der Waals surface area contributed by atoms with E-state index in [1.807, 2.05) is 0 Å². The van der Waals surface area contributed by atoms with Crippen molar-refractivity contribution in [3.63, 3.8) is 0 Å². The second-order valence-corrected chi connectivity index (χ2v) is 5.41. The number of rotatable bonds is 4. The maximum atomic E-state index is 11.9. The first kappa shape index (κ1) is 14.1. The van der Waals surface area contributed by atoms with Gasteiger partial charge in [-0.2, -0.15) is 0 Å². The summed E-state index contributed by atoms with van der Waals surface area (Å²) in [5.41, 5.74) is 0. The Bertz CT molecular complexity index is 264. The Labute approximate surface area is 114 Å². The summed E-state index contributed by atoms with van der Waals surface area (Å²) in [6.45, 7) is 6.83.